The first kappa shape index (κ1) is 11.5. The molecular formula is C14H17FN2O. The highest BCUT2D eigenvalue weighted by Crippen LogP contribution is 2.27. The summed E-state index contributed by atoms with van der Waals surface area (Å²) in [7, 11) is 0. The van der Waals surface area contributed by atoms with Crippen LogP contribution in [0.1, 0.15) is 36.0 Å². The Bertz CT molecular complexity index is 465. The minimum Gasteiger partial charge on any atom is -0.380 e. The third-order valence-electron chi connectivity index (χ3n) is 3.55. The molecule has 1 aromatic rings. The van der Waals surface area contributed by atoms with Crippen LogP contribution in [-0.2, 0) is 0 Å². The monoisotopic (exact) mass is 248 g/mol. The topological polar surface area (TPSA) is 32.3 Å². The third kappa shape index (κ3) is 2.33. The zero-order valence-corrected chi connectivity index (χ0v) is 10.3. The Balaban J connectivity index is 1.75. The van der Waals surface area contributed by atoms with Crippen molar-refractivity contribution < 1.29 is 9.18 Å². The highest BCUT2D eigenvalue weighted by Gasteiger charge is 2.23. The molecule has 0 spiro atoms. The van der Waals surface area contributed by atoms with Crippen LogP contribution in [0.5, 0.6) is 0 Å². The average Bonchev–Trinajstić information content (AvgIpc) is 3.02. The van der Waals surface area contributed by atoms with E-state index in [2.05, 4.69) is 5.32 Å². The minimum atomic E-state index is -0.327. The van der Waals surface area contributed by atoms with Gasteiger partial charge in [-0.2, -0.15) is 0 Å². The predicted molar refractivity (Wildman–Crippen MR) is 68.2 cm³/mol. The van der Waals surface area contributed by atoms with Crippen LogP contribution < -0.4 is 5.32 Å². The van der Waals surface area contributed by atoms with Crippen LogP contribution in [0.4, 0.5) is 10.1 Å². The summed E-state index contributed by atoms with van der Waals surface area (Å²) in [4.78, 5) is 13.9. The molecule has 1 heterocycles. The molecule has 1 amide bonds. The van der Waals surface area contributed by atoms with Gasteiger partial charge < -0.3 is 10.2 Å². The molecule has 0 bridgehead atoms. The van der Waals surface area contributed by atoms with Gasteiger partial charge in [0.2, 0.25) is 0 Å². The summed E-state index contributed by atoms with van der Waals surface area (Å²) in [5, 5.41) is 3.12. The quantitative estimate of drug-likeness (QED) is 0.891. The van der Waals surface area contributed by atoms with Gasteiger partial charge in [0.1, 0.15) is 5.82 Å². The normalized spacial score (nSPS) is 19.1. The molecule has 1 saturated heterocycles. The van der Waals surface area contributed by atoms with Crippen LogP contribution >= 0.6 is 0 Å². The summed E-state index contributed by atoms with van der Waals surface area (Å²) in [6.07, 6.45) is 4.31. The number of rotatable bonds is 3. The van der Waals surface area contributed by atoms with Gasteiger partial charge in [0, 0.05) is 24.7 Å². The van der Waals surface area contributed by atoms with E-state index >= 15 is 0 Å². The molecule has 3 rings (SSSR count). The summed E-state index contributed by atoms with van der Waals surface area (Å²) in [5.74, 6) is -0.378. The molecular weight excluding hydrogens is 231 g/mol. The van der Waals surface area contributed by atoms with Crippen LogP contribution in [0.3, 0.4) is 0 Å². The van der Waals surface area contributed by atoms with E-state index in [1.165, 1.54) is 6.07 Å². The second kappa shape index (κ2) is 4.59. The zero-order chi connectivity index (χ0) is 12.5. The maximum atomic E-state index is 13.9. The maximum absolute atomic E-state index is 13.9. The fraction of sp³-hybridized carbons (Fsp3) is 0.500. The number of likely N-dealkylation sites (tertiary alicyclic amines) is 1. The molecule has 1 aliphatic carbocycles. The van der Waals surface area contributed by atoms with Gasteiger partial charge in [-0.3, -0.25) is 4.79 Å². The van der Waals surface area contributed by atoms with Gasteiger partial charge in [0.05, 0.1) is 5.69 Å². The highest BCUT2D eigenvalue weighted by molar-refractivity contribution is 5.94. The molecule has 4 heteroatoms. The largest absolute Gasteiger partial charge is 0.380 e. The van der Waals surface area contributed by atoms with Crippen LogP contribution in [0, 0.1) is 5.82 Å². The number of carbonyl (C=O) groups excluding carboxylic acids is 1. The van der Waals surface area contributed by atoms with Crippen LogP contribution in [0.15, 0.2) is 18.2 Å². The molecule has 2 aliphatic rings. The lowest BCUT2D eigenvalue weighted by Crippen LogP contribution is -2.27. The lowest BCUT2D eigenvalue weighted by molar-refractivity contribution is 0.0792. The van der Waals surface area contributed by atoms with Crippen molar-refractivity contribution in [2.75, 3.05) is 18.4 Å². The van der Waals surface area contributed by atoms with E-state index in [9.17, 15) is 9.18 Å². The number of hydrogen-bond donors (Lipinski definition) is 1. The Morgan fingerprint density at radius 3 is 2.61 bits per heavy atom. The highest BCUT2D eigenvalue weighted by atomic mass is 19.1. The molecule has 1 N–H and O–H groups in total. The van der Waals surface area contributed by atoms with Crippen LogP contribution in [-0.4, -0.2) is 29.9 Å². The zero-order valence-electron chi connectivity index (χ0n) is 10.3. The summed E-state index contributed by atoms with van der Waals surface area (Å²) < 4.78 is 13.9. The summed E-state index contributed by atoms with van der Waals surface area (Å²) in [5.41, 5.74) is 0.964. The van der Waals surface area contributed by atoms with Crippen LogP contribution in [0.25, 0.3) is 0 Å². The van der Waals surface area contributed by atoms with Gasteiger partial charge in [-0.15, -0.1) is 0 Å². The molecule has 3 nitrogen and oxygen atoms in total. The number of hydrogen-bond acceptors (Lipinski definition) is 2. The standard InChI is InChI=1S/C14H17FN2O/c15-12-9-10(14(18)17-7-1-2-8-17)3-6-13(12)16-11-4-5-11/h3,6,9,11,16H,1-2,4-5,7-8H2. The van der Waals surface area contributed by atoms with E-state index in [0.717, 1.165) is 38.8 Å². The second-order valence-electron chi connectivity index (χ2n) is 5.11. The second-order valence-corrected chi connectivity index (χ2v) is 5.11. The van der Waals surface area contributed by atoms with Crippen LogP contribution in [0.2, 0.25) is 0 Å². The molecule has 0 radical (unpaired) electrons. The van der Waals surface area contributed by atoms with Crippen molar-refractivity contribution in [1.29, 1.82) is 0 Å². The van der Waals surface area contributed by atoms with E-state index < -0.39 is 0 Å². The Morgan fingerprint density at radius 1 is 1.28 bits per heavy atom. The SMILES string of the molecule is O=C(c1ccc(NC2CC2)c(F)c1)N1CCCC1. The van der Waals surface area contributed by atoms with Crippen molar-refractivity contribution >= 4 is 11.6 Å². The average molecular weight is 248 g/mol. The van der Waals surface area contributed by atoms with Gasteiger partial charge in [0.25, 0.3) is 5.91 Å². The van der Waals surface area contributed by atoms with Crippen molar-refractivity contribution in [2.24, 2.45) is 0 Å². The van der Waals surface area contributed by atoms with Gasteiger partial charge in [-0.1, -0.05) is 0 Å². The Morgan fingerprint density at radius 2 is 2.00 bits per heavy atom. The van der Waals surface area contributed by atoms with E-state index in [0.29, 0.717) is 17.3 Å². The van der Waals surface area contributed by atoms with E-state index in [1.807, 2.05) is 0 Å². The number of benzene rings is 1. The molecule has 1 aromatic carbocycles. The molecule has 0 unspecified atom stereocenters. The number of carbonyl (C=O) groups is 1. The smallest absolute Gasteiger partial charge is 0.253 e. The molecule has 18 heavy (non-hydrogen) atoms. The molecule has 2 fully saturated rings. The van der Waals surface area contributed by atoms with Gasteiger partial charge in [0.15, 0.2) is 0 Å². The van der Waals surface area contributed by atoms with E-state index in [-0.39, 0.29) is 11.7 Å². The number of halogens is 1. The first-order chi connectivity index (χ1) is 8.74. The Hall–Kier alpha value is -1.58. The number of nitrogens with zero attached hydrogens (tertiary/aromatic N) is 1. The predicted octanol–water partition coefficient (Wildman–Crippen LogP) is 2.64. The van der Waals surface area contributed by atoms with Crippen molar-refractivity contribution in [3.05, 3.63) is 29.6 Å². The van der Waals surface area contributed by atoms with Crippen molar-refractivity contribution in [2.45, 2.75) is 31.7 Å². The fourth-order valence-electron chi connectivity index (χ4n) is 2.32. The molecule has 0 aromatic heterocycles. The number of nitrogens with one attached hydrogen (secondary N) is 1. The van der Waals surface area contributed by atoms with Crippen molar-refractivity contribution in [3.63, 3.8) is 0 Å². The Kier molecular flexibility index (Phi) is 2.94. The molecule has 0 atom stereocenters. The van der Waals surface area contributed by atoms with E-state index in [1.54, 1.807) is 17.0 Å². The van der Waals surface area contributed by atoms with Crippen molar-refractivity contribution in [1.82, 2.24) is 4.90 Å². The summed E-state index contributed by atoms with van der Waals surface area (Å²) >= 11 is 0. The first-order valence-corrected chi connectivity index (χ1v) is 6.59. The lowest BCUT2D eigenvalue weighted by Gasteiger charge is -2.15. The van der Waals surface area contributed by atoms with E-state index in [4.69, 9.17) is 0 Å². The lowest BCUT2D eigenvalue weighted by atomic mass is 10.1. The van der Waals surface area contributed by atoms with Gasteiger partial charge >= 0.3 is 0 Å². The Labute approximate surface area is 106 Å². The van der Waals surface area contributed by atoms with Crippen molar-refractivity contribution in [3.8, 4) is 0 Å². The summed E-state index contributed by atoms with van der Waals surface area (Å²) in [6.45, 7) is 1.59. The third-order valence-corrected chi connectivity index (χ3v) is 3.55. The first-order valence-electron chi connectivity index (χ1n) is 6.59. The fourth-order valence-corrected chi connectivity index (χ4v) is 2.32. The number of amides is 1. The molecule has 1 saturated carbocycles. The molecule has 96 valence electrons. The van der Waals surface area contributed by atoms with Gasteiger partial charge in [-0.05, 0) is 43.9 Å². The molecule has 1 aliphatic heterocycles. The minimum absolute atomic E-state index is 0.0515. The van der Waals surface area contributed by atoms with Gasteiger partial charge in [-0.25, -0.2) is 4.39 Å². The number of anilines is 1. The maximum Gasteiger partial charge on any atom is 0.253 e. The summed E-state index contributed by atoms with van der Waals surface area (Å²) in [6, 6.07) is 5.16.